The molecule has 0 aliphatic carbocycles. The summed E-state index contributed by atoms with van der Waals surface area (Å²) < 4.78 is 0. The van der Waals surface area contributed by atoms with Gasteiger partial charge in [-0.2, -0.15) is 0 Å². The molecule has 0 saturated heterocycles. The standard InChI is InChI=1S/C20H25N3O2/c1-16-8-10-19(11-9-16)23(14-18-6-4-3-5-7-18)15-20(25)22-13-12-21-17(2)24/h3-11H,12-15H2,1-2H3,(H,21,24)(H,22,25). The first-order valence-electron chi connectivity index (χ1n) is 8.41. The first-order valence-corrected chi connectivity index (χ1v) is 8.41. The molecule has 2 aromatic rings. The highest BCUT2D eigenvalue weighted by molar-refractivity contribution is 5.81. The largest absolute Gasteiger partial charge is 0.358 e. The molecular formula is C20H25N3O2. The summed E-state index contributed by atoms with van der Waals surface area (Å²) in [5.41, 5.74) is 3.34. The predicted octanol–water partition coefficient (Wildman–Crippen LogP) is 2.25. The van der Waals surface area contributed by atoms with Gasteiger partial charge in [-0.05, 0) is 24.6 Å². The van der Waals surface area contributed by atoms with Crippen LogP contribution in [0.5, 0.6) is 0 Å². The summed E-state index contributed by atoms with van der Waals surface area (Å²) in [6, 6.07) is 18.2. The lowest BCUT2D eigenvalue weighted by molar-refractivity contribution is -0.121. The van der Waals surface area contributed by atoms with Gasteiger partial charge in [0.15, 0.2) is 0 Å². The summed E-state index contributed by atoms with van der Waals surface area (Å²) in [5.74, 6) is -0.165. The maximum atomic E-state index is 12.3. The Kier molecular flexibility index (Phi) is 7.01. The van der Waals surface area contributed by atoms with Gasteiger partial charge < -0.3 is 15.5 Å². The summed E-state index contributed by atoms with van der Waals surface area (Å²) in [7, 11) is 0. The van der Waals surface area contributed by atoms with Crippen molar-refractivity contribution >= 4 is 17.5 Å². The fraction of sp³-hybridized carbons (Fsp3) is 0.300. The number of aryl methyl sites for hydroxylation is 1. The van der Waals surface area contributed by atoms with Crippen molar-refractivity contribution in [1.82, 2.24) is 10.6 Å². The molecule has 0 aliphatic rings. The third-order valence-corrected chi connectivity index (χ3v) is 3.77. The zero-order valence-corrected chi connectivity index (χ0v) is 14.8. The van der Waals surface area contributed by atoms with E-state index in [9.17, 15) is 9.59 Å². The van der Waals surface area contributed by atoms with Crippen LogP contribution in [-0.4, -0.2) is 31.4 Å². The van der Waals surface area contributed by atoms with Gasteiger partial charge in [0.25, 0.3) is 0 Å². The summed E-state index contributed by atoms with van der Waals surface area (Å²) in [6.45, 7) is 5.28. The number of carbonyl (C=O) groups excluding carboxylic acids is 2. The van der Waals surface area contributed by atoms with E-state index in [2.05, 4.69) is 22.8 Å². The minimum absolute atomic E-state index is 0.0677. The first-order chi connectivity index (χ1) is 12.0. The van der Waals surface area contributed by atoms with Crippen LogP contribution in [0.1, 0.15) is 18.1 Å². The monoisotopic (exact) mass is 339 g/mol. The molecule has 0 radical (unpaired) electrons. The van der Waals surface area contributed by atoms with Crippen LogP contribution in [0.4, 0.5) is 5.69 Å². The molecule has 0 fully saturated rings. The van der Waals surface area contributed by atoms with Crippen molar-refractivity contribution in [3.8, 4) is 0 Å². The van der Waals surface area contributed by atoms with Crippen LogP contribution in [0.2, 0.25) is 0 Å². The SMILES string of the molecule is CC(=O)NCCNC(=O)CN(Cc1ccccc1)c1ccc(C)cc1. The van der Waals surface area contributed by atoms with Crippen LogP contribution < -0.4 is 15.5 Å². The number of rotatable bonds is 8. The lowest BCUT2D eigenvalue weighted by Gasteiger charge is -2.24. The van der Waals surface area contributed by atoms with Crippen LogP contribution in [0.15, 0.2) is 54.6 Å². The third kappa shape index (κ3) is 6.67. The quantitative estimate of drug-likeness (QED) is 0.725. The molecular weight excluding hydrogens is 314 g/mol. The number of nitrogens with zero attached hydrogens (tertiary/aromatic N) is 1. The fourth-order valence-corrected chi connectivity index (χ4v) is 2.47. The molecule has 5 heteroatoms. The number of anilines is 1. The van der Waals surface area contributed by atoms with E-state index in [1.807, 2.05) is 54.3 Å². The molecule has 0 aromatic heterocycles. The Morgan fingerprint density at radius 2 is 1.56 bits per heavy atom. The maximum absolute atomic E-state index is 12.3. The van der Waals surface area contributed by atoms with E-state index < -0.39 is 0 Å². The lowest BCUT2D eigenvalue weighted by atomic mass is 10.1. The molecule has 0 unspecified atom stereocenters. The topological polar surface area (TPSA) is 61.4 Å². The Hall–Kier alpha value is -2.82. The highest BCUT2D eigenvalue weighted by Crippen LogP contribution is 2.17. The highest BCUT2D eigenvalue weighted by Gasteiger charge is 2.12. The Labute approximate surface area is 149 Å². The van der Waals surface area contributed by atoms with Gasteiger partial charge in [0.2, 0.25) is 11.8 Å². The molecule has 0 saturated carbocycles. The molecule has 2 amide bonds. The van der Waals surface area contributed by atoms with Crippen LogP contribution in [-0.2, 0) is 16.1 Å². The van der Waals surface area contributed by atoms with Gasteiger partial charge in [-0.1, -0.05) is 48.0 Å². The minimum atomic E-state index is -0.0976. The summed E-state index contributed by atoms with van der Waals surface area (Å²) >= 11 is 0. The van der Waals surface area contributed by atoms with Gasteiger partial charge in [0, 0.05) is 32.2 Å². The van der Waals surface area contributed by atoms with Crippen molar-refractivity contribution in [2.24, 2.45) is 0 Å². The fourth-order valence-electron chi connectivity index (χ4n) is 2.47. The van der Waals surface area contributed by atoms with E-state index >= 15 is 0 Å². The molecule has 0 heterocycles. The molecule has 25 heavy (non-hydrogen) atoms. The zero-order valence-electron chi connectivity index (χ0n) is 14.8. The highest BCUT2D eigenvalue weighted by atomic mass is 16.2. The average molecular weight is 339 g/mol. The normalized spacial score (nSPS) is 10.2. The van der Waals surface area contributed by atoms with Crippen molar-refractivity contribution in [1.29, 1.82) is 0 Å². The number of carbonyl (C=O) groups is 2. The van der Waals surface area contributed by atoms with Crippen LogP contribution in [0.3, 0.4) is 0 Å². The molecule has 2 aromatic carbocycles. The van der Waals surface area contributed by atoms with Crippen molar-refractivity contribution < 1.29 is 9.59 Å². The van der Waals surface area contributed by atoms with Gasteiger partial charge in [-0.3, -0.25) is 9.59 Å². The van der Waals surface area contributed by atoms with E-state index in [1.54, 1.807) is 0 Å². The van der Waals surface area contributed by atoms with Gasteiger partial charge in [-0.25, -0.2) is 0 Å². The maximum Gasteiger partial charge on any atom is 0.239 e. The number of hydrogen-bond acceptors (Lipinski definition) is 3. The molecule has 0 atom stereocenters. The third-order valence-electron chi connectivity index (χ3n) is 3.77. The van der Waals surface area contributed by atoms with Gasteiger partial charge >= 0.3 is 0 Å². The zero-order chi connectivity index (χ0) is 18.1. The van der Waals surface area contributed by atoms with Crippen LogP contribution >= 0.6 is 0 Å². The van der Waals surface area contributed by atoms with Gasteiger partial charge in [-0.15, -0.1) is 0 Å². The molecule has 0 aliphatic heterocycles. The number of nitrogens with one attached hydrogen (secondary N) is 2. The van der Waals surface area contributed by atoms with Crippen LogP contribution in [0, 0.1) is 6.92 Å². The second-order valence-electron chi connectivity index (χ2n) is 6.01. The number of hydrogen-bond donors (Lipinski definition) is 2. The molecule has 132 valence electrons. The smallest absolute Gasteiger partial charge is 0.239 e. The summed E-state index contributed by atoms with van der Waals surface area (Å²) in [4.78, 5) is 25.2. The summed E-state index contributed by atoms with van der Waals surface area (Å²) in [6.07, 6.45) is 0. The minimum Gasteiger partial charge on any atom is -0.358 e. The Bertz CT molecular complexity index is 684. The van der Waals surface area contributed by atoms with E-state index in [4.69, 9.17) is 0 Å². The molecule has 0 spiro atoms. The molecule has 5 nitrogen and oxygen atoms in total. The van der Waals surface area contributed by atoms with Crippen molar-refractivity contribution in [3.05, 3.63) is 65.7 Å². The Morgan fingerprint density at radius 1 is 0.920 bits per heavy atom. The van der Waals surface area contributed by atoms with Crippen molar-refractivity contribution in [2.75, 3.05) is 24.5 Å². The van der Waals surface area contributed by atoms with Crippen molar-refractivity contribution in [3.63, 3.8) is 0 Å². The van der Waals surface area contributed by atoms with E-state index in [1.165, 1.54) is 12.5 Å². The molecule has 2 rings (SSSR count). The summed E-state index contributed by atoms with van der Waals surface area (Å²) in [5, 5.41) is 5.50. The second kappa shape index (κ2) is 9.47. The average Bonchev–Trinajstić information content (AvgIpc) is 2.60. The van der Waals surface area contributed by atoms with E-state index in [0.717, 1.165) is 11.3 Å². The number of benzene rings is 2. The van der Waals surface area contributed by atoms with Gasteiger partial charge in [0.1, 0.15) is 0 Å². The second-order valence-corrected chi connectivity index (χ2v) is 6.01. The van der Waals surface area contributed by atoms with Crippen molar-refractivity contribution in [2.45, 2.75) is 20.4 Å². The van der Waals surface area contributed by atoms with Crippen LogP contribution in [0.25, 0.3) is 0 Å². The number of amides is 2. The Balaban J connectivity index is 2.00. The molecule has 0 bridgehead atoms. The van der Waals surface area contributed by atoms with Gasteiger partial charge in [0.05, 0.1) is 6.54 Å². The Morgan fingerprint density at radius 3 is 2.20 bits per heavy atom. The van der Waals surface area contributed by atoms with E-state index in [0.29, 0.717) is 19.6 Å². The lowest BCUT2D eigenvalue weighted by Crippen LogP contribution is -2.40. The predicted molar refractivity (Wildman–Crippen MR) is 100 cm³/mol. The molecule has 2 N–H and O–H groups in total. The first kappa shape index (κ1) is 18.5. The van der Waals surface area contributed by atoms with E-state index in [-0.39, 0.29) is 18.4 Å².